The van der Waals surface area contributed by atoms with Gasteiger partial charge >= 0.3 is 0 Å². The van der Waals surface area contributed by atoms with Gasteiger partial charge in [0.15, 0.2) is 5.78 Å². The van der Waals surface area contributed by atoms with E-state index in [1.807, 2.05) is 68.4 Å². The third-order valence-electron chi connectivity index (χ3n) is 6.31. The molecule has 0 radical (unpaired) electrons. The lowest BCUT2D eigenvalue weighted by Gasteiger charge is -2.26. The van der Waals surface area contributed by atoms with Crippen molar-refractivity contribution in [3.8, 4) is 5.75 Å². The molecule has 0 bridgehead atoms. The Hall–Kier alpha value is -3.23. The zero-order chi connectivity index (χ0) is 26.3. The first-order chi connectivity index (χ1) is 17.1. The molecule has 1 fully saturated rings. The molecule has 2 aromatic rings. The van der Waals surface area contributed by atoms with E-state index in [9.17, 15) is 14.4 Å². The molecule has 36 heavy (non-hydrogen) atoms. The molecule has 3 rings (SSSR count). The first kappa shape index (κ1) is 27.4. The van der Waals surface area contributed by atoms with Crippen molar-refractivity contribution in [2.24, 2.45) is 11.7 Å². The SMILES string of the molecule is COc1ccc(C[C@H](N)C(=O)N[C@@H](Cc2ccccc2)C(=O)N[C@@H](CC(C)C)C(=O)[C@@]2(C)CO2)cc1. The number of rotatable bonds is 13. The molecule has 0 aliphatic carbocycles. The van der Waals surface area contributed by atoms with Gasteiger partial charge in [-0.25, -0.2) is 0 Å². The van der Waals surface area contributed by atoms with Crippen LogP contribution in [0, 0.1) is 5.92 Å². The molecule has 194 valence electrons. The van der Waals surface area contributed by atoms with Crippen molar-refractivity contribution in [3.05, 3.63) is 65.7 Å². The Kier molecular flexibility index (Phi) is 9.23. The van der Waals surface area contributed by atoms with Crippen molar-refractivity contribution in [1.82, 2.24) is 10.6 Å². The summed E-state index contributed by atoms with van der Waals surface area (Å²) in [5.41, 5.74) is 7.10. The fourth-order valence-corrected chi connectivity index (χ4v) is 4.04. The van der Waals surface area contributed by atoms with Crippen LogP contribution in [0.15, 0.2) is 54.6 Å². The summed E-state index contributed by atoms with van der Waals surface area (Å²) in [6.45, 7) is 6.06. The van der Waals surface area contributed by atoms with Crippen molar-refractivity contribution < 1.29 is 23.9 Å². The van der Waals surface area contributed by atoms with Crippen LogP contribution in [-0.4, -0.2) is 55.0 Å². The van der Waals surface area contributed by atoms with Crippen LogP contribution >= 0.6 is 0 Å². The monoisotopic (exact) mass is 495 g/mol. The number of ketones is 1. The van der Waals surface area contributed by atoms with Crippen LogP contribution in [0.4, 0.5) is 0 Å². The van der Waals surface area contributed by atoms with Gasteiger partial charge in [0, 0.05) is 6.42 Å². The first-order valence-electron chi connectivity index (χ1n) is 12.3. The summed E-state index contributed by atoms with van der Waals surface area (Å²) in [5, 5.41) is 5.70. The Bertz CT molecular complexity index is 1030. The van der Waals surface area contributed by atoms with E-state index in [0.29, 0.717) is 25.2 Å². The van der Waals surface area contributed by atoms with E-state index in [4.69, 9.17) is 15.2 Å². The van der Waals surface area contributed by atoms with Crippen LogP contribution in [0.5, 0.6) is 5.75 Å². The average molecular weight is 496 g/mol. The highest BCUT2D eigenvalue weighted by atomic mass is 16.6. The number of epoxide rings is 1. The minimum atomic E-state index is -0.891. The molecule has 2 aromatic carbocycles. The molecule has 8 heteroatoms. The minimum Gasteiger partial charge on any atom is -0.497 e. The summed E-state index contributed by atoms with van der Waals surface area (Å²) in [5.74, 6) is -0.113. The molecule has 0 spiro atoms. The van der Waals surface area contributed by atoms with Gasteiger partial charge in [-0.05, 0) is 48.9 Å². The number of amides is 2. The highest BCUT2D eigenvalue weighted by Gasteiger charge is 2.50. The van der Waals surface area contributed by atoms with E-state index in [-0.39, 0.29) is 18.1 Å². The van der Waals surface area contributed by atoms with Crippen LogP contribution in [-0.2, 0) is 32.0 Å². The van der Waals surface area contributed by atoms with Crippen molar-refractivity contribution >= 4 is 17.6 Å². The molecule has 0 saturated carbocycles. The second kappa shape index (κ2) is 12.1. The van der Waals surface area contributed by atoms with Gasteiger partial charge in [-0.1, -0.05) is 56.3 Å². The number of hydrogen-bond acceptors (Lipinski definition) is 6. The molecular weight excluding hydrogens is 458 g/mol. The summed E-state index contributed by atoms with van der Waals surface area (Å²) >= 11 is 0. The van der Waals surface area contributed by atoms with Crippen LogP contribution in [0.3, 0.4) is 0 Å². The van der Waals surface area contributed by atoms with Gasteiger partial charge in [0.05, 0.1) is 25.8 Å². The number of ether oxygens (including phenoxy) is 2. The predicted octanol–water partition coefficient (Wildman–Crippen LogP) is 2.18. The quantitative estimate of drug-likeness (QED) is 0.366. The second-order valence-electron chi connectivity index (χ2n) is 9.98. The lowest BCUT2D eigenvalue weighted by molar-refractivity contribution is -0.133. The number of carbonyl (C=O) groups excluding carboxylic acids is 3. The first-order valence-corrected chi connectivity index (χ1v) is 12.3. The Labute approximate surface area is 212 Å². The number of benzene rings is 2. The van der Waals surface area contributed by atoms with Crippen LogP contribution in [0.2, 0.25) is 0 Å². The van der Waals surface area contributed by atoms with Gasteiger partial charge in [0.2, 0.25) is 11.8 Å². The van der Waals surface area contributed by atoms with Crippen molar-refractivity contribution in [1.29, 1.82) is 0 Å². The Morgan fingerprint density at radius 3 is 2.08 bits per heavy atom. The fraction of sp³-hybridized carbons (Fsp3) is 0.464. The Morgan fingerprint density at radius 2 is 1.53 bits per heavy atom. The van der Waals surface area contributed by atoms with Gasteiger partial charge < -0.3 is 25.8 Å². The van der Waals surface area contributed by atoms with E-state index in [1.165, 1.54) is 0 Å². The van der Waals surface area contributed by atoms with Crippen molar-refractivity contribution in [3.63, 3.8) is 0 Å². The van der Waals surface area contributed by atoms with Gasteiger partial charge in [0.25, 0.3) is 0 Å². The largest absolute Gasteiger partial charge is 0.497 e. The standard InChI is InChI=1S/C28H37N3O5/c1-18(2)14-23(25(32)28(3)17-36-28)30-27(34)24(16-19-8-6-5-7-9-19)31-26(33)22(29)15-20-10-12-21(35-4)13-11-20/h5-13,18,22-24H,14-17,29H2,1-4H3,(H,30,34)(H,31,33)/t22-,23-,24-,28+/m0/s1. The third kappa shape index (κ3) is 7.63. The fourth-order valence-electron chi connectivity index (χ4n) is 4.04. The maximum Gasteiger partial charge on any atom is 0.243 e. The zero-order valence-electron chi connectivity index (χ0n) is 21.5. The maximum absolute atomic E-state index is 13.4. The molecule has 1 aliphatic heterocycles. The molecule has 4 atom stereocenters. The number of hydrogen-bond donors (Lipinski definition) is 3. The summed E-state index contributed by atoms with van der Waals surface area (Å²) in [6, 6.07) is 14.3. The molecule has 0 unspecified atom stereocenters. The second-order valence-corrected chi connectivity index (χ2v) is 9.98. The molecule has 4 N–H and O–H groups in total. The summed E-state index contributed by atoms with van der Waals surface area (Å²) in [6.07, 6.45) is 1.05. The predicted molar refractivity (Wildman–Crippen MR) is 137 cm³/mol. The van der Waals surface area contributed by atoms with Crippen LogP contribution < -0.4 is 21.1 Å². The van der Waals surface area contributed by atoms with Gasteiger partial charge in [-0.15, -0.1) is 0 Å². The molecule has 2 amide bonds. The van der Waals surface area contributed by atoms with E-state index < -0.39 is 35.5 Å². The highest BCUT2D eigenvalue weighted by molar-refractivity contribution is 5.98. The van der Waals surface area contributed by atoms with Crippen molar-refractivity contribution in [2.75, 3.05) is 13.7 Å². The van der Waals surface area contributed by atoms with Crippen molar-refractivity contribution in [2.45, 2.75) is 63.8 Å². The van der Waals surface area contributed by atoms with Crippen LogP contribution in [0.25, 0.3) is 0 Å². The highest BCUT2D eigenvalue weighted by Crippen LogP contribution is 2.29. The minimum absolute atomic E-state index is 0.148. The number of nitrogens with two attached hydrogens (primary N) is 1. The molecule has 8 nitrogen and oxygen atoms in total. The Morgan fingerprint density at radius 1 is 0.944 bits per heavy atom. The smallest absolute Gasteiger partial charge is 0.243 e. The third-order valence-corrected chi connectivity index (χ3v) is 6.31. The molecule has 1 aliphatic rings. The Balaban J connectivity index is 1.72. The zero-order valence-corrected chi connectivity index (χ0v) is 21.5. The lowest BCUT2D eigenvalue weighted by Crippen LogP contribution is -2.56. The summed E-state index contributed by atoms with van der Waals surface area (Å²) in [7, 11) is 1.59. The van der Waals surface area contributed by atoms with Crippen LogP contribution in [0.1, 0.15) is 38.3 Å². The number of Topliss-reactive ketones (excluding diaryl/α,β-unsaturated/α-hetero) is 1. The normalized spacial score (nSPS) is 19.2. The van der Waals surface area contributed by atoms with Gasteiger partial charge in [-0.3, -0.25) is 14.4 Å². The number of carbonyl (C=O) groups is 3. The maximum atomic E-state index is 13.4. The summed E-state index contributed by atoms with van der Waals surface area (Å²) in [4.78, 5) is 39.4. The van der Waals surface area contributed by atoms with E-state index >= 15 is 0 Å². The van der Waals surface area contributed by atoms with E-state index in [2.05, 4.69) is 10.6 Å². The van der Waals surface area contributed by atoms with E-state index in [0.717, 1.165) is 11.1 Å². The number of nitrogens with one attached hydrogen (secondary N) is 2. The van der Waals surface area contributed by atoms with Gasteiger partial charge in [0.1, 0.15) is 17.4 Å². The van der Waals surface area contributed by atoms with Gasteiger partial charge in [-0.2, -0.15) is 0 Å². The summed E-state index contributed by atoms with van der Waals surface area (Å²) < 4.78 is 10.5. The molecular formula is C28H37N3O5. The number of methoxy groups -OCH3 is 1. The topological polar surface area (TPSA) is 123 Å². The average Bonchev–Trinajstić information content (AvgIpc) is 3.61. The molecule has 0 aromatic heterocycles. The molecule has 1 saturated heterocycles. The van der Waals surface area contributed by atoms with E-state index in [1.54, 1.807) is 14.0 Å². The lowest BCUT2D eigenvalue weighted by atomic mass is 9.93. The molecule has 1 heterocycles.